The summed E-state index contributed by atoms with van der Waals surface area (Å²) >= 11 is 0. The Kier molecular flexibility index (Phi) is 3.06. The zero-order chi connectivity index (χ0) is 14.1. The minimum absolute atomic E-state index is 0.0604. The van der Waals surface area contributed by atoms with Crippen molar-refractivity contribution in [3.05, 3.63) is 47.5 Å². The third kappa shape index (κ3) is 1.90. The van der Waals surface area contributed by atoms with Crippen LogP contribution < -0.4 is 14.8 Å². The van der Waals surface area contributed by atoms with E-state index in [0.717, 1.165) is 16.7 Å². The maximum Gasteiger partial charge on any atom is 0.252 e. The van der Waals surface area contributed by atoms with E-state index < -0.39 is 0 Å². The zero-order valence-corrected chi connectivity index (χ0v) is 11.4. The van der Waals surface area contributed by atoms with Crippen LogP contribution in [0.5, 0.6) is 11.5 Å². The molecule has 1 N–H and O–H groups in total. The number of ether oxygens (including phenoxy) is 2. The summed E-state index contributed by atoms with van der Waals surface area (Å²) in [6.45, 7) is 0.475. The number of carbonyl (C=O) groups is 1. The summed E-state index contributed by atoms with van der Waals surface area (Å²) in [4.78, 5) is 12.1. The summed E-state index contributed by atoms with van der Waals surface area (Å²) in [5, 5.41) is 2.91. The number of benzene rings is 2. The minimum Gasteiger partial charge on any atom is -0.493 e. The summed E-state index contributed by atoms with van der Waals surface area (Å²) in [5.74, 6) is 1.27. The second-order valence-corrected chi connectivity index (χ2v) is 4.59. The Balaban J connectivity index is 2.27. The standard InChI is InChI=1S/C16H15NO3/c1-19-14-7-10-9-17-16(18)12-6-4-3-5-11(12)13(10)8-15(14)20-2/h3-8H,9H2,1-2H3,(H,17,18). The summed E-state index contributed by atoms with van der Waals surface area (Å²) < 4.78 is 10.7. The monoisotopic (exact) mass is 269 g/mol. The second kappa shape index (κ2) is 4.89. The molecule has 0 aliphatic carbocycles. The molecule has 0 fully saturated rings. The van der Waals surface area contributed by atoms with Crippen molar-refractivity contribution in [1.29, 1.82) is 0 Å². The van der Waals surface area contributed by atoms with Crippen LogP contribution in [0.15, 0.2) is 36.4 Å². The fraction of sp³-hybridized carbons (Fsp3) is 0.188. The predicted molar refractivity (Wildman–Crippen MR) is 76.2 cm³/mol. The van der Waals surface area contributed by atoms with E-state index in [0.29, 0.717) is 23.6 Å². The van der Waals surface area contributed by atoms with Gasteiger partial charge in [0.1, 0.15) is 0 Å². The van der Waals surface area contributed by atoms with E-state index in [1.807, 2.05) is 36.4 Å². The first-order valence-electron chi connectivity index (χ1n) is 6.37. The summed E-state index contributed by atoms with van der Waals surface area (Å²) in [5.41, 5.74) is 3.61. The highest BCUT2D eigenvalue weighted by Gasteiger charge is 2.21. The molecular formula is C16H15NO3. The van der Waals surface area contributed by atoms with E-state index in [4.69, 9.17) is 9.47 Å². The predicted octanol–water partition coefficient (Wildman–Crippen LogP) is 2.61. The molecule has 1 aliphatic heterocycles. The normalized spacial score (nSPS) is 12.8. The Bertz CT molecular complexity index is 679. The molecule has 102 valence electrons. The molecule has 4 heteroatoms. The van der Waals surface area contributed by atoms with Crippen LogP contribution in [-0.2, 0) is 6.54 Å². The van der Waals surface area contributed by atoms with Gasteiger partial charge in [-0.15, -0.1) is 0 Å². The number of nitrogens with one attached hydrogen (secondary N) is 1. The number of fused-ring (bicyclic) bond motifs is 3. The van der Waals surface area contributed by atoms with Crippen molar-refractivity contribution in [1.82, 2.24) is 5.32 Å². The number of amides is 1. The molecule has 0 spiro atoms. The fourth-order valence-corrected chi connectivity index (χ4v) is 2.50. The van der Waals surface area contributed by atoms with Crippen LogP contribution >= 0.6 is 0 Å². The van der Waals surface area contributed by atoms with Crippen LogP contribution in [0, 0.1) is 0 Å². The molecule has 2 aromatic carbocycles. The Morgan fingerprint density at radius 1 is 0.950 bits per heavy atom. The van der Waals surface area contributed by atoms with E-state index in [-0.39, 0.29) is 5.91 Å². The number of methoxy groups -OCH3 is 2. The maximum atomic E-state index is 12.1. The van der Waals surface area contributed by atoms with Crippen LogP contribution in [-0.4, -0.2) is 20.1 Å². The van der Waals surface area contributed by atoms with Crippen molar-refractivity contribution in [2.45, 2.75) is 6.54 Å². The number of hydrogen-bond acceptors (Lipinski definition) is 3. The highest BCUT2D eigenvalue weighted by atomic mass is 16.5. The van der Waals surface area contributed by atoms with E-state index in [2.05, 4.69) is 5.32 Å². The van der Waals surface area contributed by atoms with Gasteiger partial charge in [0.25, 0.3) is 5.91 Å². The van der Waals surface area contributed by atoms with Gasteiger partial charge in [-0.2, -0.15) is 0 Å². The van der Waals surface area contributed by atoms with E-state index in [1.165, 1.54) is 0 Å². The van der Waals surface area contributed by atoms with E-state index in [9.17, 15) is 4.79 Å². The average Bonchev–Trinajstić information content (AvgIpc) is 2.64. The van der Waals surface area contributed by atoms with Gasteiger partial charge in [-0.25, -0.2) is 0 Å². The molecular weight excluding hydrogens is 254 g/mol. The smallest absolute Gasteiger partial charge is 0.252 e. The first kappa shape index (κ1) is 12.5. The lowest BCUT2D eigenvalue weighted by molar-refractivity contribution is 0.0953. The maximum absolute atomic E-state index is 12.1. The van der Waals surface area contributed by atoms with Gasteiger partial charge in [0.15, 0.2) is 11.5 Å². The fourth-order valence-electron chi connectivity index (χ4n) is 2.50. The van der Waals surface area contributed by atoms with Gasteiger partial charge < -0.3 is 14.8 Å². The molecule has 4 nitrogen and oxygen atoms in total. The number of carbonyl (C=O) groups excluding carboxylic acids is 1. The molecule has 20 heavy (non-hydrogen) atoms. The Morgan fingerprint density at radius 3 is 2.30 bits per heavy atom. The highest BCUT2D eigenvalue weighted by molar-refractivity contribution is 6.02. The first-order chi connectivity index (χ1) is 9.74. The minimum atomic E-state index is -0.0604. The third-order valence-electron chi connectivity index (χ3n) is 3.51. The third-order valence-corrected chi connectivity index (χ3v) is 3.51. The summed E-state index contributed by atoms with van der Waals surface area (Å²) in [6.07, 6.45) is 0. The van der Waals surface area contributed by atoms with Gasteiger partial charge in [0.05, 0.1) is 14.2 Å². The Hall–Kier alpha value is -2.49. The van der Waals surface area contributed by atoms with Gasteiger partial charge in [0.2, 0.25) is 0 Å². The quantitative estimate of drug-likeness (QED) is 0.911. The topological polar surface area (TPSA) is 47.6 Å². The summed E-state index contributed by atoms with van der Waals surface area (Å²) in [7, 11) is 3.21. The van der Waals surface area contributed by atoms with Crippen molar-refractivity contribution < 1.29 is 14.3 Å². The van der Waals surface area contributed by atoms with E-state index in [1.54, 1.807) is 14.2 Å². The lowest BCUT2D eigenvalue weighted by Crippen LogP contribution is -2.21. The van der Waals surface area contributed by atoms with Crippen LogP contribution in [0.1, 0.15) is 15.9 Å². The van der Waals surface area contributed by atoms with E-state index >= 15 is 0 Å². The van der Waals surface area contributed by atoms with Gasteiger partial charge >= 0.3 is 0 Å². The number of hydrogen-bond donors (Lipinski definition) is 1. The molecule has 0 unspecified atom stereocenters. The summed E-state index contributed by atoms with van der Waals surface area (Å²) in [6, 6.07) is 11.4. The van der Waals surface area contributed by atoms with Gasteiger partial charge in [-0.1, -0.05) is 18.2 Å². The van der Waals surface area contributed by atoms with Crippen LogP contribution in [0.4, 0.5) is 0 Å². The lowest BCUT2D eigenvalue weighted by atomic mass is 9.96. The molecule has 1 amide bonds. The largest absolute Gasteiger partial charge is 0.493 e. The second-order valence-electron chi connectivity index (χ2n) is 4.59. The van der Waals surface area contributed by atoms with Crippen LogP contribution in [0.25, 0.3) is 11.1 Å². The molecule has 0 atom stereocenters. The van der Waals surface area contributed by atoms with Crippen LogP contribution in [0.3, 0.4) is 0 Å². The van der Waals surface area contributed by atoms with Crippen molar-refractivity contribution in [2.75, 3.05) is 14.2 Å². The molecule has 0 saturated carbocycles. The average molecular weight is 269 g/mol. The lowest BCUT2D eigenvalue weighted by Gasteiger charge is -2.13. The molecule has 3 rings (SSSR count). The van der Waals surface area contributed by atoms with Crippen molar-refractivity contribution in [3.8, 4) is 22.6 Å². The van der Waals surface area contributed by atoms with Gasteiger partial charge in [-0.05, 0) is 34.9 Å². The first-order valence-corrected chi connectivity index (χ1v) is 6.37. The zero-order valence-electron chi connectivity index (χ0n) is 11.4. The molecule has 0 saturated heterocycles. The van der Waals surface area contributed by atoms with Crippen LogP contribution in [0.2, 0.25) is 0 Å². The van der Waals surface area contributed by atoms with Crippen molar-refractivity contribution in [2.24, 2.45) is 0 Å². The van der Waals surface area contributed by atoms with Gasteiger partial charge in [-0.3, -0.25) is 4.79 Å². The Morgan fingerprint density at radius 2 is 1.60 bits per heavy atom. The SMILES string of the molecule is COc1cc2c(cc1OC)-c1ccccc1C(=O)NC2. The molecule has 2 aromatic rings. The Labute approximate surface area is 117 Å². The van der Waals surface area contributed by atoms with Gasteiger partial charge in [0, 0.05) is 12.1 Å². The van der Waals surface area contributed by atoms with Crippen molar-refractivity contribution >= 4 is 5.91 Å². The number of rotatable bonds is 2. The highest BCUT2D eigenvalue weighted by Crippen LogP contribution is 2.38. The molecule has 0 bridgehead atoms. The molecule has 1 aliphatic rings. The molecule has 0 aromatic heterocycles. The van der Waals surface area contributed by atoms with Crippen molar-refractivity contribution in [3.63, 3.8) is 0 Å². The molecule has 1 heterocycles. The molecule has 0 radical (unpaired) electrons.